The molecular weight excluding hydrogens is 356 g/mol. The van der Waals surface area contributed by atoms with E-state index in [1.54, 1.807) is 0 Å². The highest BCUT2D eigenvalue weighted by atomic mass is 16.5. The van der Waals surface area contributed by atoms with Gasteiger partial charge in [-0.15, -0.1) is 0 Å². The second kappa shape index (κ2) is 7.34. The lowest BCUT2D eigenvalue weighted by atomic mass is 9.71. The second-order valence-electron chi connectivity index (χ2n) is 9.11. The minimum absolute atomic E-state index is 0.0208. The van der Waals surface area contributed by atoms with Gasteiger partial charge in [0, 0.05) is 58.1 Å². The van der Waals surface area contributed by atoms with Gasteiger partial charge in [-0.2, -0.15) is 5.10 Å². The third kappa shape index (κ3) is 3.03. The van der Waals surface area contributed by atoms with Gasteiger partial charge in [0.1, 0.15) is 6.10 Å². The molecule has 1 N–H and O–H groups in total. The van der Waals surface area contributed by atoms with E-state index in [1.165, 1.54) is 12.8 Å². The number of urea groups is 1. The van der Waals surface area contributed by atoms with Gasteiger partial charge in [0.2, 0.25) is 0 Å². The molecule has 0 aromatic carbocycles. The lowest BCUT2D eigenvalue weighted by Crippen LogP contribution is -2.45. The topological polar surface area (TPSA) is 68.6 Å². The van der Waals surface area contributed by atoms with E-state index in [0.717, 1.165) is 57.7 Å². The van der Waals surface area contributed by atoms with Crippen molar-refractivity contribution in [3.63, 3.8) is 0 Å². The van der Waals surface area contributed by atoms with Gasteiger partial charge in [0.05, 0.1) is 5.69 Å². The van der Waals surface area contributed by atoms with Crippen LogP contribution in [0.5, 0.6) is 0 Å². The first kappa shape index (κ1) is 18.4. The van der Waals surface area contributed by atoms with Crippen LogP contribution in [0.4, 0.5) is 4.79 Å². The fourth-order valence-corrected chi connectivity index (χ4v) is 6.28. The van der Waals surface area contributed by atoms with E-state index in [2.05, 4.69) is 15.3 Å². The minimum atomic E-state index is 0.0208. The fraction of sp³-hybridized carbons (Fsp3) is 0.810. The van der Waals surface area contributed by atoms with Crippen LogP contribution in [0, 0.1) is 17.3 Å². The third-order valence-electron chi connectivity index (χ3n) is 7.78. The van der Waals surface area contributed by atoms with Gasteiger partial charge in [-0.3, -0.25) is 4.68 Å². The van der Waals surface area contributed by atoms with Gasteiger partial charge < -0.3 is 19.7 Å². The SMILES string of the molecule is Cn1nccc1[C@@H]1OCC[C@H]1CNC(=O)N1CC2(CCOCC2)[C@@H]2CCC[C@@H]21. The molecule has 0 bridgehead atoms. The van der Waals surface area contributed by atoms with Crippen LogP contribution in [0.15, 0.2) is 12.3 Å². The summed E-state index contributed by atoms with van der Waals surface area (Å²) in [4.78, 5) is 15.3. The maximum Gasteiger partial charge on any atom is 0.317 e. The Morgan fingerprint density at radius 1 is 1.29 bits per heavy atom. The number of hydrogen-bond acceptors (Lipinski definition) is 4. The molecule has 3 saturated heterocycles. The molecule has 0 unspecified atom stereocenters. The summed E-state index contributed by atoms with van der Waals surface area (Å²) >= 11 is 0. The number of hydrogen-bond donors (Lipinski definition) is 1. The normalized spacial score (nSPS) is 34.1. The van der Waals surface area contributed by atoms with Crippen LogP contribution in [-0.4, -0.2) is 59.7 Å². The van der Waals surface area contributed by atoms with Crippen molar-refractivity contribution in [1.82, 2.24) is 20.0 Å². The van der Waals surface area contributed by atoms with Gasteiger partial charge in [-0.1, -0.05) is 6.42 Å². The van der Waals surface area contributed by atoms with Crippen LogP contribution in [0.3, 0.4) is 0 Å². The number of aromatic nitrogens is 2. The van der Waals surface area contributed by atoms with Crippen molar-refractivity contribution in [2.45, 2.75) is 50.7 Å². The summed E-state index contributed by atoms with van der Waals surface area (Å²) in [7, 11) is 1.95. The number of ether oxygens (including phenoxy) is 2. The quantitative estimate of drug-likeness (QED) is 0.864. The number of fused-ring (bicyclic) bond motifs is 2. The number of likely N-dealkylation sites (tertiary alicyclic amines) is 1. The van der Waals surface area contributed by atoms with Crippen molar-refractivity contribution in [2.24, 2.45) is 24.3 Å². The monoisotopic (exact) mass is 388 g/mol. The van der Waals surface area contributed by atoms with E-state index in [4.69, 9.17) is 9.47 Å². The molecule has 7 heteroatoms. The Labute approximate surface area is 166 Å². The lowest BCUT2D eigenvalue weighted by Gasteiger charge is -2.37. The van der Waals surface area contributed by atoms with Crippen LogP contribution in [0.25, 0.3) is 0 Å². The smallest absolute Gasteiger partial charge is 0.317 e. The van der Waals surface area contributed by atoms with Crippen LogP contribution in [0.2, 0.25) is 0 Å². The number of aryl methyl sites for hydroxylation is 1. The Morgan fingerprint density at radius 3 is 2.93 bits per heavy atom. The average molecular weight is 389 g/mol. The first-order chi connectivity index (χ1) is 13.7. The predicted molar refractivity (Wildman–Crippen MR) is 104 cm³/mol. The first-order valence-electron chi connectivity index (χ1n) is 10.9. The number of rotatable bonds is 3. The second-order valence-corrected chi connectivity index (χ2v) is 9.11. The summed E-state index contributed by atoms with van der Waals surface area (Å²) in [6, 6.07) is 2.56. The first-order valence-corrected chi connectivity index (χ1v) is 10.9. The van der Waals surface area contributed by atoms with E-state index in [0.29, 0.717) is 29.8 Å². The van der Waals surface area contributed by atoms with Crippen molar-refractivity contribution < 1.29 is 14.3 Å². The molecule has 4 fully saturated rings. The molecule has 154 valence electrons. The van der Waals surface area contributed by atoms with Crippen molar-refractivity contribution in [2.75, 3.05) is 32.9 Å². The highest BCUT2D eigenvalue weighted by Crippen LogP contribution is 2.53. The van der Waals surface area contributed by atoms with Crippen molar-refractivity contribution >= 4 is 6.03 Å². The van der Waals surface area contributed by atoms with Crippen LogP contribution < -0.4 is 5.32 Å². The zero-order chi connectivity index (χ0) is 19.1. The van der Waals surface area contributed by atoms with Crippen LogP contribution in [-0.2, 0) is 16.5 Å². The number of nitrogens with zero attached hydrogens (tertiary/aromatic N) is 3. The van der Waals surface area contributed by atoms with E-state index in [-0.39, 0.29) is 12.1 Å². The molecule has 5 rings (SSSR count). The molecule has 2 amide bonds. The fourth-order valence-electron chi connectivity index (χ4n) is 6.28. The van der Waals surface area contributed by atoms with Crippen LogP contribution >= 0.6 is 0 Å². The van der Waals surface area contributed by atoms with Gasteiger partial charge in [0.15, 0.2) is 0 Å². The summed E-state index contributed by atoms with van der Waals surface area (Å²) in [5.74, 6) is 0.970. The number of carbonyl (C=O) groups is 1. The molecule has 1 aromatic heterocycles. The van der Waals surface area contributed by atoms with Gasteiger partial charge in [0.25, 0.3) is 0 Å². The van der Waals surface area contributed by atoms with E-state index in [1.807, 2.05) is 24.0 Å². The van der Waals surface area contributed by atoms with Gasteiger partial charge in [-0.25, -0.2) is 4.79 Å². The zero-order valence-electron chi connectivity index (χ0n) is 16.8. The highest BCUT2D eigenvalue weighted by Gasteiger charge is 2.55. The molecule has 3 aliphatic heterocycles. The van der Waals surface area contributed by atoms with Crippen molar-refractivity contribution in [3.8, 4) is 0 Å². The maximum atomic E-state index is 13.2. The molecule has 1 aromatic rings. The largest absolute Gasteiger partial charge is 0.381 e. The predicted octanol–water partition coefficient (Wildman–Crippen LogP) is 2.49. The zero-order valence-corrected chi connectivity index (χ0v) is 16.8. The molecule has 1 aliphatic carbocycles. The Hall–Kier alpha value is -1.60. The third-order valence-corrected chi connectivity index (χ3v) is 7.78. The van der Waals surface area contributed by atoms with Crippen LogP contribution in [0.1, 0.15) is 50.3 Å². The molecule has 0 radical (unpaired) electrons. The maximum absolute atomic E-state index is 13.2. The summed E-state index contributed by atoms with van der Waals surface area (Å²) < 4.78 is 13.5. The molecule has 1 saturated carbocycles. The van der Waals surface area contributed by atoms with E-state index < -0.39 is 0 Å². The number of amides is 2. The van der Waals surface area contributed by atoms with E-state index >= 15 is 0 Å². The Bertz CT molecular complexity index is 714. The Morgan fingerprint density at radius 2 is 2.14 bits per heavy atom. The highest BCUT2D eigenvalue weighted by molar-refractivity contribution is 5.75. The molecule has 28 heavy (non-hydrogen) atoms. The Kier molecular flexibility index (Phi) is 4.83. The summed E-state index contributed by atoms with van der Waals surface area (Å²) in [5.41, 5.74) is 1.39. The van der Waals surface area contributed by atoms with E-state index in [9.17, 15) is 4.79 Å². The van der Waals surface area contributed by atoms with Gasteiger partial charge in [-0.05, 0) is 49.5 Å². The molecule has 4 heterocycles. The molecule has 4 atom stereocenters. The standard InChI is InChI=1S/C21H32N4O3/c1-24-18(5-9-23-24)19-15(6-10-28-19)13-22-20(26)25-14-21(7-11-27-12-8-21)16-3-2-4-17(16)25/h5,9,15-17,19H,2-4,6-8,10-14H2,1H3,(H,22,26)/t15-,16+,17-,19+/m0/s1. The van der Waals surface area contributed by atoms with Crippen molar-refractivity contribution in [1.29, 1.82) is 0 Å². The number of carbonyl (C=O) groups excluding carboxylic acids is 1. The summed E-state index contributed by atoms with van der Waals surface area (Å²) in [5, 5.41) is 7.53. The average Bonchev–Trinajstić information content (AvgIpc) is 3.47. The van der Waals surface area contributed by atoms with Gasteiger partial charge >= 0.3 is 6.03 Å². The number of nitrogens with one attached hydrogen (secondary N) is 1. The summed E-state index contributed by atoms with van der Waals surface area (Å²) in [6.07, 6.45) is 8.70. The lowest BCUT2D eigenvalue weighted by molar-refractivity contribution is -0.000423. The Balaban J connectivity index is 1.24. The van der Waals surface area contributed by atoms with Crippen molar-refractivity contribution in [3.05, 3.63) is 18.0 Å². The molecule has 1 spiro atoms. The summed E-state index contributed by atoms with van der Waals surface area (Å²) in [6.45, 7) is 4.02. The molecule has 4 aliphatic rings. The molecule has 7 nitrogen and oxygen atoms in total. The molecular formula is C21H32N4O3. The minimum Gasteiger partial charge on any atom is -0.381 e.